The highest BCUT2D eigenvalue weighted by Gasteiger charge is 2.15. The molecule has 25 heavy (non-hydrogen) atoms. The summed E-state index contributed by atoms with van der Waals surface area (Å²) in [6.07, 6.45) is 0. The Labute approximate surface area is 150 Å². The smallest absolute Gasteiger partial charge is 0.269 e. The zero-order valence-electron chi connectivity index (χ0n) is 14.3. The second kappa shape index (κ2) is 8.48. The molecule has 132 valence electrons. The van der Waals surface area contributed by atoms with Gasteiger partial charge in [0.25, 0.3) is 5.69 Å². The fraction of sp³-hybridized carbons (Fsp3) is 0.294. The fourth-order valence-electron chi connectivity index (χ4n) is 2.04. The number of nitrogens with one attached hydrogen (secondary N) is 1. The first-order valence-corrected chi connectivity index (χ1v) is 8.57. The van der Waals surface area contributed by atoms with Gasteiger partial charge in [-0.05, 0) is 31.2 Å². The maximum atomic E-state index is 12.2. The first-order valence-electron chi connectivity index (χ1n) is 7.69. The maximum Gasteiger partial charge on any atom is 0.269 e. The molecule has 1 atom stereocenters. The Morgan fingerprint density at radius 1 is 1.28 bits per heavy atom. The van der Waals surface area contributed by atoms with E-state index in [9.17, 15) is 14.9 Å². The number of nitro groups is 1. The normalized spacial score (nSPS) is 11.6. The van der Waals surface area contributed by atoms with Gasteiger partial charge < -0.3 is 10.2 Å². The molecule has 1 aromatic carbocycles. The number of pyridine rings is 1. The first-order chi connectivity index (χ1) is 11.9. The molecule has 1 heterocycles. The van der Waals surface area contributed by atoms with Crippen molar-refractivity contribution in [1.29, 1.82) is 0 Å². The third-order valence-electron chi connectivity index (χ3n) is 3.42. The van der Waals surface area contributed by atoms with Crippen molar-refractivity contribution in [2.45, 2.75) is 23.6 Å². The zero-order valence-corrected chi connectivity index (χ0v) is 15.1. The van der Waals surface area contributed by atoms with Crippen molar-refractivity contribution in [3.63, 3.8) is 0 Å². The summed E-state index contributed by atoms with van der Waals surface area (Å²) in [5, 5.41) is 13.2. The van der Waals surface area contributed by atoms with Crippen LogP contribution in [-0.2, 0) is 11.3 Å². The highest BCUT2D eigenvalue weighted by molar-refractivity contribution is 8.00. The number of aromatic nitrogens is 1. The number of carbonyl (C=O) groups excluding carboxylic acids is 1. The van der Waals surface area contributed by atoms with Crippen LogP contribution in [0.1, 0.15) is 12.6 Å². The van der Waals surface area contributed by atoms with Gasteiger partial charge in [-0.2, -0.15) is 0 Å². The van der Waals surface area contributed by atoms with Crippen molar-refractivity contribution in [1.82, 2.24) is 10.3 Å². The predicted molar refractivity (Wildman–Crippen MR) is 98.8 cm³/mol. The molecule has 2 rings (SSSR count). The van der Waals surface area contributed by atoms with Crippen LogP contribution in [0.2, 0.25) is 0 Å². The van der Waals surface area contributed by atoms with Crippen molar-refractivity contribution in [3.05, 3.63) is 58.3 Å². The van der Waals surface area contributed by atoms with Gasteiger partial charge in [0.1, 0.15) is 5.82 Å². The quantitative estimate of drug-likeness (QED) is 0.464. The minimum atomic E-state index is -0.445. The molecule has 1 amide bonds. The predicted octanol–water partition coefficient (Wildman–Crippen LogP) is 2.85. The average molecular weight is 360 g/mol. The number of anilines is 1. The Kier molecular flexibility index (Phi) is 6.35. The van der Waals surface area contributed by atoms with E-state index in [1.165, 1.54) is 23.9 Å². The molecule has 0 fully saturated rings. The second-order valence-corrected chi connectivity index (χ2v) is 7.02. The summed E-state index contributed by atoms with van der Waals surface area (Å²) in [5.41, 5.74) is 0.820. The number of thioether (sulfide) groups is 1. The number of non-ortho nitro benzene ring substituents is 1. The first kappa shape index (κ1) is 18.7. The van der Waals surface area contributed by atoms with Crippen LogP contribution in [0, 0.1) is 10.1 Å². The molecule has 2 aromatic rings. The van der Waals surface area contributed by atoms with Crippen molar-refractivity contribution in [3.8, 4) is 0 Å². The van der Waals surface area contributed by atoms with E-state index in [0.717, 1.165) is 16.4 Å². The van der Waals surface area contributed by atoms with Crippen molar-refractivity contribution in [2.24, 2.45) is 0 Å². The number of amides is 1. The molecular weight excluding hydrogens is 340 g/mol. The largest absolute Gasteiger partial charge is 0.363 e. The van der Waals surface area contributed by atoms with E-state index in [4.69, 9.17) is 0 Å². The Morgan fingerprint density at radius 3 is 2.56 bits per heavy atom. The summed E-state index contributed by atoms with van der Waals surface area (Å²) in [6, 6.07) is 11.8. The number of nitro benzene ring substituents is 1. The standard InChI is InChI=1S/C17H20N4O3S/c1-12(25-15-9-7-14(8-10-15)21(23)24)17(22)18-11-13-5-4-6-16(19-13)20(2)3/h4-10,12H,11H2,1-3H3,(H,18,22)/t12-/m0/s1. The SMILES string of the molecule is C[C@H](Sc1ccc([N+](=O)[O-])cc1)C(=O)NCc1cccc(N(C)C)n1. The molecule has 0 aliphatic heterocycles. The van der Waals surface area contributed by atoms with Gasteiger partial charge in [-0.25, -0.2) is 4.98 Å². The van der Waals surface area contributed by atoms with Gasteiger partial charge in [0, 0.05) is 31.1 Å². The molecule has 0 radical (unpaired) electrons. The molecule has 0 aliphatic rings. The van der Waals surface area contributed by atoms with Crippen LogP contribution in [0.15, 0.2) is 47.4 Å². The molecule has 1 N–H and O–H groups in total. The molecule has 1 aromatic heterocycles. The molecule has 8 heteroatoms. The lowest BCUT2D eigenvalue weighted by molar-refractivity contribution is -0.384. The van der Waals surface area contributed by atoms with Crippen LogP contribution >= 0.6 is 11.8 Å². The van der Waals surface area contributed by atoms with E-state index in [1.54, 1.807) is 19.1 Å². The third kappa shape index (κ3) is 5.46. The van der Waals surface area contributed by atoms with E-state index in [2.05, 4.69) is 10.3 Å². The Morgan fingerprint density at radius 2 is 1.96 bits per heavy atom. The number of nitrogens with zero attached hydrogens (tertiary/aromatic N) is 3. The van der Waals surface area contributed by atoms with E-state index in [1.807, 2.05) is 37.2 Å². The summed E-state index contributed by atoms with van der Waals surface area (Å²) in [6.45, 7) is 2.15. The summed E-state index contributed by atoms with van der Waals surface area (Å²) >= 11 is 1.35. The van der Waals surface area contributed by atoms with Crippen LogP contribution in [0.4, 0.5) is 11.5 Å². The van der Waals surface area contributed by atoms with Gasteiger partial charge in [0.15, 0.2) is 0 Å². The van der Waals surface area contributed by atoms with E-state index in [0.29, 0.717) is 6.54 Å². The minimum absolute atomic E-state index is 0.0355. The van der Waals surface area contributed by atoms with Crippen molar-refractivity contribution < 1.29 is 9.72 Å². The molecule has 0 saturated carbocycles. The summed E-state index contributed by atoms with van der Waals surface area (Å²) in [7, 11) is 3.82. The number of hydrogen-bond donors (Lipinski definition) is 1. The third-order valence-corrected chi connectivity index (χ3v) is 4.54. The van der Waals surface area contributed by atoms with Gasteiger partial charge in [-0.3, -0.25) is 14.9 Å². The number of benzene rings is 1. The van der Waals surface area contributed by atoms with Crippen LogP contribution in [0.25, 0.3) is 0 Å². The lowest BCUT2D eigenvalue weighted by Gasteiger charge is -2.14. The number of hydrogen-bond acceptors (Lipinski definition) is 6. The maximum absolute atomic E-state index is 12.2. The van der Waals surface area contributed by atoms with Crippen molar-refractivity contribution >= 4 is 29.2 Å². The molecule has 7 nitrogen and oxygen atoms in total. The van der Waals surface area contributed by atoms with E-state index >= 15 is 0 Å². The van der Waals surface area contributed by atoms with Gasteiger partial charge in [0.05, 0.1) is 22.4 Å². The lowest BCUT2D eigenvalue weighted by atomic mass is 10.3. The zero-order chi connectivity index (χ0) is 18.4. The van der Waals surface area contributed by atoms with E-state index in [-0.39, 0.29) is 16.8 Å². The van der Waals surface area contributed by atoms with Gasteiger partial charge in [0.2, 0.25) is 5.91 Å². The van der Waals surface area contributed by atoms with Crippen LogP contribution < -0.4 is 10.2 Å². The Hall–Kier alpha value is -2.61. The van der Waals surface area contributed by atoms with Crippen LogP contribution in [0.3, 0.4) is 0 Å². The molecule has 0 aliphatic carbocycles. The molecule has 0 saturated heterocycles. The Bertz CT molecular complexity index is 750. The van der Waals surface area contributed by atoms with Gasteiger partial charge >= 0.3 is 0 Å². The topological polar surface area (TPSA) is 88.4 Å². The molecule has 0 unspecified atom stereocenters. The fourth-order valence-corrected chi connectivity index (χ4v) is 2.93. The number of rotatable bonds is 7. The highest BCUT2D eigenvalue weighted by Crippen LogP contribution is 2.25. The highest BCUT2D eigenvalue weighted by atomic mass is 32.2. The molecule has 0 bridgehead atoms. The van der Waals surface area contributed by atoms with Crippen molar-refractivity contribution in [2.75, 3.05) is 19.0 Å². The second-order valence-electron chi connectivity index (χ2n) is 5.61. The number of carbonyl (C=O) groups is 1. The summed E-state index contributed by atoms with van der Waals surface area (Å²) in [4.78, 5) is 29.6. The monoisotopic (exact) mass is 360 g/mol. The average Bonchev–Trinajstić information content (AvgIpc) is 2.60. The van der Waals surface area contributed by atoms with Crippen LogP contribution in [-0.4, -0.2) is 35.2 Å². The van der Waals surface area contributed by atoms with E-state index < -0.39 is 4.92 Å². The molecule has 0 spiro atoms. The lowest BCUT2D eigenvalue weighted by Crippen LogP contribution is -2.30. The minimum Gasteiger partial charge on any atom is -0.363 e. The molecular formula is C17H20N4O3S. The Balaban J connectivity index is 1.89. The van der Waals surface area contributed by atoms with Gasteiger partial charge in [-0.1, -0.05) is 6.07 Å². The summed E-state index contributed by atoms with van der Waals surface area (Å²) < 4.78 is 0. The van der Waals surface area contributed by atoms with Crippen LogP contribution in [0.5, 0.6) is 0 Å². The summed E-state index contributed by atoms with van der Waals surface area (Å²) in [5.74, 6) is 0.723. The van der Waals surface area contributed by atoms with Gasteiger partial charge in [-0.15, -0.1) is 11.8 Å².